The van der Waals surface area contributed by atoms with Crippen LogP contribution in [0.15, 0.2) is 30.3 Å². The van der Waals surface area contributed by atoms with Crippen LogP contribution >= 0.6 is 0 Å². The van der Waals surface area contributed by atoms with E-state index < -0.39 is 101 Å². The van der Waals surface area contributed by atoms with E-state index in [0.29, 0.717) is 5.56 Å². The van der Waals surface area contributed by atoms with Crippen molar-refractivity contribution in [3.05, 3.63) is 35.9 Å². The van der Waals surface area contributed by atoms with Crippen molar-refractivity contribution < 1.29 is 53.2 Å². The number of nitrogens with one attached hydrogen (secondary N) is 5. The van der Waals surface area contributed by atoms with Gasteiger partial charge in [-0.25, -0.2) is 4.79 Å². The fourth-order valence-corrected chi connectivity index (χ4v) is 4.77. The van der Waals surface area contributed by atoms with Crippen molar-refractivity contribution >= 4 is 41.5 Å². The molecule has 17 heteroatoms. The third kappa shape index (κ3) is 18.1. The number of aliphatic carboxylic acids is 1. The highest BCUT2D eigenvalue weighted by Gasteiger charge is 2.36. The van der Waals surface area contributed by atoms with Gasteiger partial charge >= 0.3 is 11.9 Å². The highest BCUT2D eigenvalue weighted by atomic mass is 16.6. The first-order valence-corrected chi connectivity index (χ1v) is 17.3. The summed E-state index contributed by atoms with van der Waals surface area (Å²) in [6.45, 7) is 15.1. The number of carbonyl (C=O) groups excluding carboxylic acids is 6. The summed E-state index contributed by atoms with van der Waals surface area (Å²) in [7, 11) is 0. The number of amides is 5. The minimum Gasteiger partial charge on any atom is -0.480 e. The van der Waals surface area contributed by atoms with Gasteiger partial charge in [-0.2, -0.15) is 0 Å². The van der Waals surface area contributed by atoms with Gasteiger partial charge in [-0.3, -0.25) is 28.8 Å². The van der Waals surface area contributed by atoms with Crippen LogP contribution in [0.25, 0.3) is 0 Å². The molecule has 0 aliphatic rings. The Bertz CT molecular complexity index is 1430. The van der Waals surface area contributed by atoms with Crippen LogP contribution in [0.2, 0.25) is 0 Å². The quantitative estimate of drug-likeness (QED) is 0.0856. The number of hydrogen-bond donors (Lipinski definition) is 8. The van der Waals surface area contributed by atoms with Crippen molar-refractivity contribution in [3.8, 4) is 0 Å². The number of aliphatic hydroxyl groups is 1. The molecule has 1 aromatic carbocycles. The molecular weight excluding hydrogens is 692 g/mol. The number of carboxylic acid groups (broad SMARTS) is 1. The van der Waals surface area contributed by atoms with E-state index in [2.05, 4.69) is 26.6 Å². The van der Waals surface area contributed by atoms with Crippen molar-refractivity contribution in [3.63, 3.8) is 0 Å². The van der Waals surface area contributed by atoms with Crippen molar-refractivity contribution in [1.82, 2.24) is 26.6 Å². The zero-order valence-corrected chi connectivity index (χ0v) is 32.3. The molecule has 53 heavy (non-hydrogen) atoms. The van der Waals surface area contributed by atoms with E-state index in [4.69, 9.17) is 15.2 Å². The Kier molecular flexibility index (Phi) is 17.5. The average Bonchev–Trinajstić information content (AvgIpc) is 3.00. The molecule has 9 N–H and O–H groups in total. The SMILES string of the molecule is C[C@@H](O)[C@H](NC(=O)[C@H](Cc1ccccc1)NC(=O)[C@@H](NC(=O)CNC(=O)[C@H](CCC(=O)OC(C)(C)C)NC(=O)C(C)(C)N)[C@@H](C)OC(C)(C)C)C(=O)O. The molecule has 1 aromatic rings. The van der Waals surface area contributed by atoms with E-state index in [0.717, 1.165) is 0 Å². The van der Waals surface area contributed by atoms with Crippen LogP contribution in [0.1, 0.15) is 87.6 Å². The molecule has 0 bridgehead atoms. The predicted octanol–water partition coefficient (Wildman–Crippen LogP) is -0.187. The van der Waals surface area contributed by atoms with Gasteiger partial charge in [-0.15, -0.1) is 0 Å². The molecule has 0 heterocycles. The molecular formula is C36H58N6O11. The molecule has 17 nitrogen and oxygen atoms in total. The summed E-state index contributed by atoms with van der Waals surface area (Å²) < 4.78 is 11.3. The Morgan fingerprint density at radius 1 is 0.755 bits per heavy atom. The van der Waals surface area contributed by atoms with Crippen LogP contribution in [-0.2, 0) is 49.5 Å². The molecule has 0 saturated carbocycles. The summed E-state index contributed by atoms with van der Waals surface area (Å²) >= 11 is 0. The first-order chi connectivity index (χ1) is 24.2. The Hall–Kier alpha value is -4.61. The van der Waals surface area contributed by atoms with Crippen molar-refractivity contribution in [2.75, 3.05) is 6.54 Å². The van der Waals surface area contributed by atoms with E-state index in [9.17, 15) is 43.8 Å². The number of ether oxygens (including phenoxy) is 2. The number of carbonyl (C=O) groups is 7. The van der Waals surface area contributed by atoms with Gasteiger partial charge in [0.15, 0.2) is 6.04 Å². The lowest BCUT2D eigenvalue weighted by Gasteiger charge is -2.32. The number of benzene rings is 1. The molecule has 1 rings (SSSR count). The summed E-state index contributed by atoms with van der Waals surface area (Å²) in [6, 6.07) is 2.82. The zero-order chi connectivity index (χ0) is 40.9. The van der Waals surface area contributed by atoms with Gasteiger partial charge in [0.2, 0.25) is 29.5 Å². The average molecular weight is 751 g/mol. The van der Waals surface area contributed by atoms with Crippen LogP contribution in [0.3, 0.4) is 0 Å². The van der Waals surface area contributed by atoms with E-state index in [1.807, 2.05) is 0 Å². The Labute approximate surface area is 310 Å². The maximum absolute atomic E-state index is 13.8. The summed E-state index contributed by atoms with van der Waals surface area (Å²) in [5.74, 6) is -6.22. The summed E-state index contributed by atoms with van der Waals surface area (Å²) in [4.78, 5) is 90.3. The molecule has 0 spiro atoms. The number of aliphatic hydroxyl groups excluding tert-OH is 1. The lowest BCUT2D eigenvalue weighted by molar-refractivity contribution is -0.155. The molecule has 5 amide bonds. The maximum atomic E-state index is 13.8. The molecule has 0 fully saturated rings. The van der Waals surface area contributed by atoms with Gasteiger partial charge in [0.25, 0.3) is 0 Å². The van der Waals surface area contributed by atoms with Gasteiger partial charge in [0.05, 0.1) is 29.9 Å². The number of nitrogens with two attached hydrogens (primary N) is 1. The van der Waals surface area contributed by atoms with Gasteiger partial charge in [-0.05, 0) is 81.2 Å². The highest BCUT2D eigenvalue weighted by molar-refractivity contribution is 5.96. The van der Waals surface area contributed by atoms with Crippen LogP contribution in [-0.4, -0.2) is 111 Å². The smallest absolute Gasteiger partial charge is 0.328 e. The molecule has 0 aromatic heterocycles. The maximum Gasteiger partial charge on any atom is 0.328 e. The fourth-order valence-electron chi connectivity index (χ4n) is 4.77. The number of carboxylic acids is 1. The van der Waals surface area contributed by atoms with Gasteiger partial charge in [0, 0.05) is 12.8 Å². The van der Waals surface area contributed by atoms with Gasteiger partial charge in [0.1, 0.15) is 23.7 Å². The topological polar surface area (TPSA) is 265 Å². The van der Waals surface area contributed by atoms with Crippen molar-refractivity contribution in [2.45, 2.75) is 142 Å². The van der Waals surface area contributed by atoms with Gasteiger partial charge < -0.3 is 52.0 Å². The molecule has 6 atom stereocenters. The zero-order valence-electron chi connectivity index (χ0n) is 32.3. The van der Waals surface area contributed by atoms with E-state index in [-0.39, 0.29) is 19.3 Å². The largest absolute Gasteiger partial charge is 0.480 e. The summed E-state index contributed by atoms with van der Waals surface area (Å²) in [5.41, 5.74) is 3.55. The van der Waals surface area contributed by atoms with Crippen LogP contribution in [0.4, 0.5) is 0 Å². The molecule has 0 aliphatic heterocycles. The fraction of sp³-hybridized carbons (Fsp3) is 0.639. The van der Waals surface area contributed by atoms with E-state index in [1.165, 1.54) is 27.7 Å². The highest BCUT2D eigenvalue weighted by Crippen LogP contribution is 2.15. The first-order valence-electron chi connectivity index (χ1n) is 17.3. The monoisotopic (exact) mass is 750 g/mol. The van der Waals surface area contributed by atoms with E-state index in [1.54, 1.807) is 71.9 Å². The van der Waals surface area contributed by atoms with Crippen LogP contribution in [0, 0.1) is 0 Å². The second kappa shape index (κ2) is 20.0. The predicted molar refractivity (Wildman–Crippen MR) is 194 cm³/mol. The first kappa shape index (κ1) is 46.4. The van der Waals surface area contributed by atoms with Crippen LogP contribution < -0.4 is 32.3 Å². The lowest BCUT2D eigenvalue weighted by atomic mass is 10.0. The molecule has 0 aliphatic carbocycles. The third-order valence-electron chi connectivity index (χ3n) is 7.26. The summed E-state index contributed by atoms with van der Waals surface area (Å²) in [5, 5.41) is 31.7. The van der Waals surface area contributed by atoms with Gasteiger partial charge in [-0.1, -0.05) is 30.3 Å². The summed E-state index contributed by atoms with van der Waals surface area (Å²) in [6.07, 6.45) is -2.94. The molecule has 0 radical (unpaired) electrons. The number of hydrogen-bond acceptors (Lipinski definition) is 11. The Morgan fingerprint density at radius 2 is 1.34 bits per heavy atom. The second-order valence-electron chi connectivity index (χ2n) is 15.4. The minimum absolute atomic E-state index is 0.0776. The molecule has 0 unspecified atom stereocenters. The Balaban J connectivity index is 3.26. The van der Waals surface area contributed by atoms with Crippen molar-refractivity contribution in [1.29, 1.82) is 0 Å². The standard InChI is InChI=1S/C36H58N6O11/c1-20(43)27(32(49)50)42-30(47)24(18-22-14-12-11-13-15-22)39-31(48)28(21(2)52-34(3,4)5)41-25(44)19-38-29(46)23(40-33(51)36(9,10)37)16-17-26(45)53-35(6,7)8/h11-15,20-21,23-24,27-28,43H,16-19,37H2,1-10H3,(H,38,46)(H,39,48)(H,40,51)(H,41,44)(H,42,47)(H,49,50)/t20-,21-,23+,24+,27+,28+/m1/s1. The van der Waals surface area contributed by atoms with E-state index >= 15 is 0 Å². The molecule has 298 valence electrons. The minimum atomic E-state index is -1.67. The number of esters is 1. The molecule has 0 saturated heterocycles. The second-order valence-corrected chi connectivity index (χ2v) is 15.4. The van der Waals surface area contributed by atoms with Crippen molar-refractivity contribution in [2.24, 2.45) is 5.73 Å². The Morgan fingerprint density at radius 3 is 1.83 bits per heavy atom. The lowest BCUT2D eigenvalue weighted by Crippen LogP contribution is -2.61. The number of rotatable bonds is 19. The normalized spacial score (nSPS) is 15.3. The third-order valence-corrected chi connectivity index (χ3v) is 7.26. The van der Waals surface area contributed by atoms with Crippen LogP contribution in [0.5, 0.6) is 0 Å².